The standard InChI is InChI=1S/C25H42N2/c1-7-11-13-20(9-3)16-23-18-25(27(5)6)15-14-22(23)17-24(19-26)21(10-4)12-8-2/h14-15,18,20-21,24H,7-13,16-17H2,1-6H3. The first-order valence-electron chi connectivity index (χ1n) is 11.2. The highest BCUT2D eigenvalue weighted by molar-refractivity contribution is 5.50. The molecule has 3 unspecified atom stereocenters. The van der Waals surface area contributed by atoms with Crippen LogP contribution in [0.15, 0.2) is 18.2 Å². The zero-order valence-corrected chi connectivity index (χ0v) is 18.7. The van der Waals surface area contributed by atoms with Crippen molar-refractivity contribution in [2.75, 3.05) is 19.0 Å². The first kappa shape index (κ1) is 23.5. The normalized spacial score (nSPS) is 14.4. The van der Waals surface area contributed by atoms with E-state index < -0.39 is 0 Å². The number of nitrogens with zero attached hydrogens (tertiary/aromatic N) is 2. The summed E-state index contributed by atoms with van der Waals surface area (Å²) in [6.07, 6.45) is 10.6. The van der Waals surface area contributed by atoms with Gasteiger partial charge in [0.2, 0.25) is 0 Å². The monoisotopic (exact) mass is 370 g/mol. The largest absolute Gasteiger partial charge is 0.378 e. The Bertz CT molecular complexity index is 570. The molecule has 3 atom stereocenters. The van der Waals surface area contributed by atoms with Gasteiger partial charge in [-0.05, 0) is 54.4 Å². The molecule has 0 bridgehead atoms. The maximum absolute atomic E-state index is 9.84. The molecule has 1 aromatic rings. The second kappa shape index (κ2) is 12.8. The predicted octanol–water partition coefficient (Wildman–Crippen LogP) is 7.02. The van der Waals surface area contributed by atoms with Crippen LogP contribution in [0, 0.1) is 29.1 Å². The summed E-state index contributed by atoms with van der Waals surface area (Å²) in [6.45, 7) is 9.07. The van der Waals surface area contributed by atoms with Crippen LogP contribution in [-0.4, -0.2) is 14.1 Å². The minimum Gasteiger partial charge on any atom is -0.378 e. The Morgan fingerprint density at radius 1 is 0.926 bits per heavy atom. The lowest BCUT2D eigenvalue weighted by Gasteiger charge is -2.24. The van der Waals surface area contributed by atoms with Gasteiger partial charge in [-0.15, -0.1) is 0 Å². The Kier molecular flexibility index (Phi) is 11.2. The second-order valence-corrected chi connectivity index (χ2v) is 8.36. The highest BCUT2D eigenvalue weighted by atomic mass is 15.1. The topological polar surface area (TPSA) is 27.0 Å². The van der Waals surface area contributed by atoms with Crippen LogP contribution < -0.4 is 4.90 Å². The summed E-state index contributed by atoms with van der Waals surface area (Å²) in [5.41, 5.74) is 4.14. The molecule has 1 rings (SSSR count). The minimum atomic E-state index is 0.134. The maximum Gasteiger partial charge on any atom is 0.0662 e. The molecule has 1 aromatic carbocycles. The number of nitriles is 1. The molecule has 0 saturated carbocycles. The first-order valence-corrected chi connectivity index (χ1v) is 11.2. The zero-order chi connectivity index (χ0) is 20.2. The molecule has 0 heterocycles. The average molecular weight is 371 g/mol. The fourth-order valence-electron chi connectivity index (χ4n) is 4.15. The summed E-state index contributed by atoms with van der Waals surface area (Å²) in [6, 6.07) is 9.53. The van der Waals surface area contributed by atoms with Gasteiger partial charge in [0, 0.05) is 19.8 Å². The van der Waals surface area contributed by atoms with E-state index in [0.717, 1.165) is 38.0 Å². The van der Waals surface area contributed by atoms with E-state index in [-0.39, 0.29) is 5.92 Å². The van der Waals surface area contributed by atoms with Crippen molar-refractivity contribution < 1.29 is 0 Å². The van der Waals surface area contributed by atoms with Crippen LogP contribution in [0.25, 0.3) is 0 Å². The highest BCUT2D eigenvalue weighted by Gasteiger charge is 2.21. The molecule has 27 heavy (non-hydrogen) atoms. The van der Waals surface area contributed by atoms with Gasteiger partial charge < -0.3 is 4.90 Å². The Morgan fingerprint density at radius 2 is 1.67 bits per heavy atom. The third-order valence-electron chi connectivity index (χ3n) is 6.12. The van der Waals surface area contributed by atoms with Gasteiger partial charge in [0.1, 0.15) is 0 Å². The molecule has 0 aliphatic carbocycles. The van der Waals surface area contributed by atoms with Crippen LogP contribution in [0.4, 0.5) is 5.69 Å². The van der Waals surface area contributed by atoms with Crippen LogP contribution in [0.1, 0.15) is 83.8 Å². The molecule has 0 fully saturated rings. The third kappa shape index (κ3) is 7.57. The van der Waals surface area contributed by atoms with Crippen molar-refractivity contribution in [1.82, 2.24) is 0 Å². The quantitative estimate of drug-likeness (QED) is 0.373. The lowest BCUT2D eigenvalue weighted by Crippen LogP contribution is -2.17. The summed E-state index contributed by atoms with van der Waals surface area (Å²) in [5.74, 6) is 1.40. The van der Waals surface area contributed by atoms with Crippen LogP contribution in [0.2, 0.25) is 0 Å². The molecule has 0 aliphatic heterocycles. The van der Waals surface area contributed by atoms with Crippen LogP contribution in [0.5, 0.6) is 0 Å². The van der Waals surface area contributed by atoms with Gasteiger partial charge in [-0.1, -0.05) is 72.3 Å². The molecular formula is C25H42N2. The molecule has 0 radical (unpaired) electrons. The van der Waals surface area contributed by atoms with Crippen molar-refractivity contribution in [2.45, 2.75) is 85.5 Å². The Hall–Kier alpha value is -1.49. The molecule has 0 aromatic heterocycles. The van der Waals surface area contributed by atoms with E-state index in [0.29, 0.717) is 5.92 Å². The van der Waals surface area contributed by atoms with Gasteiger partial charge in [0.15, 0.2) is 0 Å². The molecule has 0 amide bonds. The smallest absolute Gasteiger partial charge is 0.0662 e. The van der Waals surface area contributed by atoms with Gasteiger partial charge in [0.05, 0.1) is 12.0 Å². The number of benzene rings is 1. The van der Waals surface area contributed by atoms with E-state index in [2.05, 4.69) is 71.0 Å². The number of hydrogen-bond acceptors (Lipinski definition) is 2. The summed E-state index contributed by atoms with van der Waals surface area (Å²) in [5, 5.41) is 9.84. The second-order valence-electron chi connectivity index (χ2n) is 8.36. The van der Waals surface area contributed by atoms with Crippen molar-refractivity contribution in [3.05, 3.63) is 29.3 Å². The summed E-state index contributed by atoms with van der Waals surface area (Å²) >= 11 is 0. The molecule has 0 saturated heterocycles. The van der Waals surface area contributed by atoms with Crippen molar-refractivity contribution in [3.8, 4) is 6.07 Å². The number of anilines is 1. The van der Waals surface area contributed by atoms with E-state index in [1.807, 2.05) is 0 Å². The van der Waals surface area contributed by atoms with Crippen LogP contribution in [0.3, 0.4) is 0 Å². The Balaban J connectivity index is 3.11. The van der Waals surface area contributed by atoms with Gasteiger partial charge in [-0.3, -0.25) is 0 Å². The van der Waals surface area contributed by atoms with Crippen molar-refractivity contribution in [3.63, 3.8) is 0 Å². The van der Waals surface area contributed by atoms with E-state index in [1.54, 1.807) is 0 Å². The van der Waals surface area contributed by atoms with E-state index in [4.69, 9.17) is 0 Å². The van der Waals surface area contributed by atoms with Crippen LogP contribution >= 0.6 is 0 Å². The van der Waals surface area contributed by atoms with E-state index in [9.17, 15) is 5.26 Å². The Morgan fingerprint density at radius 3 is 2.19 bits per heavy atom. The average Bonchev–Trinajstić information content (AvgIpc) is 2.68. The molecule has 2 heteroatoms. The Labute approximate surface area is 169 Å². The van der Waals surface area contributed by atoms with Crippen molar-refractivity contribution in [1.29, 1.82) is 5.26 Å². The summed E-state index contributed by atoms with van der Waals surface area (Å²) < 4.78 is 0. The van der Waals surface area contributed by atoms with Gasteiger partial charge >= 0.3 is 0 Å². The van der Waals surface area contributed by atoms with E-state index >= 15 is 0 Å². The predicted molar refractivity (Wildman–Crippen MR) is 119 cm³/mol. The lowest BCUT2D eigenvalue weighted by atomic mass is 9.81. The molecular weight excluding hydrogens is 328 g/mol. The number of unbranched alkanes of at least 4 members (excludes halogenated alkanes) is 1. The van der Waals surface area contributed by atoms with E-state index in [1.165, 1.54) is 42.5 Å². The zero-order valence-electron chi connectivity index (χ0n) is 18.7. The molecule has 2 nitrogen and oxygen atoms in total. The summed E-state index contributed by atoms with van der Waals surface area (Å²) in [4.78, 5) is 2.19. The van der Waals surface area contributed by atoms with Crippen molar-refractivity contribution >= 4 is 5.69 Å². The summed E-state index contributed by atoms with van der Waals surface area (Å²) in [7, 11) is 4.22. The highest BCUT2D eigenvalue weighted by Crippen LogP contribution is 2.30. The fourth-order valence-corrected chi connectivity index (χ4v) is 4.15. The molecule has 0 N–H and O–H groups in total. The number of rotatable bonds is 13. The van der Waals surface area contributed by atoms with Crippen LogP contribution in [-0.2, 0) is 12.8 Å². The molecule has 0 aliphatic rings. The molecule has 152 valence electrons. The lowest BCUT2D eigenvalue weighted by molar-refractivity contribution is 0.358. The van der Waals surface area contributed by atoms with Gasteiger partial charge in [-0.2, -0.15) is 5.26 Å². The molecule has 0 spiro atoms. The van der Waals surface area contributed by atoms with Crippen molar-refractivity contribution in [2.24, 2.45) is 17.8 Å². The van der Waals surface area contributed by atoms with Gasteiger partial charge in [0.25, 0.3) is 0 Å². The number of hydrogen-bond donors (Lipinski definition) is 0. The third-order valence-corrected chi connectivity index (χ3v) is 6.12. The fraction of sp³-hybridized carbons (Fsp3) is 0.720. The van der Waals surface area contributed by atoms with Gasteiger partial charge in [-0.25, -0.2) is 0 Å². The first-order chi connectivity index (χ1) is 13.0. The SMILES string of the molecule is CCCCC(CC)Cc1cc(N(C)C)ccc1CC(C#N)C(CC)CCC. The minimum absolute atomic E-state index is 0.134. The maximum atomic E-state index is 9.84.